The SMILES string of the molecule is O=C(NCc1ccccc1NC(=S)Nc1ccccc1)/C(=C/c1ccc([N+](=O)[O-])cc1)NC(=O)c1ccccc1. The third kappa shape index (κ3) is 7.83. The molecule has 0 aromatic heterocycles. The molecule has 0 atom stereocenters. The van der Waals surface area contributed by atoms with E-state index in [-0.39, 0.29) is 17.9 Å². The molecule has 9 nitrogen and oxygen atoms in total. The predicted molar refractivity (Wildman–Crippen MR) is 160 cm³/mol. The second-order valence-corrected chi connectivity index (χ2v) is 8.92. The van der Waals surface area contributed by atoms with Crippen LogP contribution in [0.5, 0.6) is 0 Å². The summed E-state index contributed by atoms with van der Waals surface area (Å²) < 4.78 is 0. The molecular formula is C30H25N5O4S. The molecule has 0 heterocycles. The number of anilines is 2. The van der Waals surface area contributed by atoms with E-state index in [2.05, 4.69) is 21.3 Å². The summed E-state index contributed by atoms with van der Waals surface area (Å²) in [6, 6.07) is 31.0. The Kier molecular flexibility index (Phi) is 9.30. The number of carbonyl (C=O) groups is 2. The second kappa shape index (κ2) is 13.4. The fourth-order valence-corrected chi connectivity index (χ4v) is 3.90. The molecular weight excluding hydrogens is 526 g/mol. The van der Waals surface area contributed by atoms with Crippen LogP contribution in [0.15, 0.2) is 115 Å². The molecule has 0 fully saturated rings. The number of non-ortho nitro benzene ring substituents is 1. The molecule has 0 spiro atoms. The van der Waals surface area contributed by atoms with Crippen LogP contribution in [0.4, 0.5) is 17.1 Å². The second-order valence-electron chi connectivity index (χ2n) is 8.51. The van der Waals surface area contributed by atoms with Gasteiger partial charge in [0.2, 0.25) is 0 Å². The van der Waals surface area contributed by atoms with Crippen molar-refractivity contribution >= 4 is 52.3 Å². The fourth-order valence-electron chi connectivity index (χ4n) is 3.67. The van der Waals surface area contributed by atoms with Crippen molar-refractivity contribution in [2.45, 2.75) is 6.54 Å². The number of carbonyl (C=O) groups excluding carboxylic acids is 2. The van der Waals surface area contributed by atoms with E-state index in [1.165, 1.54) is 30.3 Å². The third-order valence-electron chi connectivity index (χ3n) is 5.68. The number of thiocarbonyl (C=S) groups is 1. The molecule has 4 rings (SSSR count). The Morgan fingerprint density at radius 1 is 0.800 bits per heavy atom. The minimum absolute atomic E-state index is 0.0191. The zero-order valence-corrected chi connectivity index (χ0v) is 22.0. The van der Waals surface area contributed by atoms with Crippen LogP contribution >= 0.6 is 12.2 Å². The van der Waals surface area contributed by atoms with Gasteiger partial charge in [-0.15, -0.1) is 0 Å². The molecule has 0 radical (unpaired) electrons. The van der Waals surface area contributed by atoms with Crippen LogP contribution in [0, 0.1) is 10.1 Å². The van der Waals surface area contributed by atoms with Crippen molar-refractivity contribution < 1.29 is 14.5 Å². The number of nitro groups is 1. The Hall–Kier alpha value is -5.35. The quantitative estimate of drug-likeness (QED) is 0.0938. The highest BCUT2D eigenvalue weighted by atomic mass is 32.1. The van der Waals surface area contributed by atoms with E-state index in [1.807, 2.05) is 54.6 Å². The summed E-state index contributed by atoms with van der Waals surface area (Å²) in [5.41, 5.74) is 3.07. The maximum atomic E-state index is 13.3. The molecule has 0 saturated carbocycles. The highest BCUT2D eigenvalue weighted by Crippen LogP contribution is 2.17. The maximum absolute atomic E-state index is 13.3. The van der Waals surface area contributed by atoms with Gasteiger partial charge in [0.15, 0.2) is 5.11 Å². The predicted octanol–water partition coefficient (Wildman–Crippen LogP) is 5.49. The van der Waals surface area contributed by atoms with Crippen molar-refractivity contribution in [3.8, 4) is 0 Å². The van der Waals surface area contributed by atoms with Crippen molar-refractivity contribution in [1.82, 2.24) is 10.6 Å². The van der Waals surface area contributed by atoms with Crippen LogP contribution in [-0.4, -0.2) is 21.9 Å². The molecule has 0 bridgehead atoms. The maximum Gasteiger partial charge on any atom is 0.269 e. The van der Waals surface area contributed by atoms with Crippen molar-refractivity contribution in [1.29, 1.82) is 0 Å². The van der Waals surface area contributed by atoms with Gasteiger partial charge in [0.25, 0.3) is 17.5 Å². The van der Waals surface area contributed by atoms with Crippen LogP contribution in [-0.2, 0) is 11.3 Å². The third-order valence-corrected chi connectivity index (χ3v) is 5.88. The van der Waals surface area contributed by atoms with Crippen LogP contribution in [0.2, 0.25) is 0 Å². The number of para-hydroxylation sites is 2. The summed E-state index contributed by atoms with van der Waals surface area (Å²) in [6.45, 7) is 0.134. The average Bonchev–Trinajstić information content (AvgIpc) is 2.97. The fraction of sp³-hybridized carbons (Fsp3) is 0.0333. The van der Waals surface area contributed by atoms with Crippen LogP contribution in [0.1, 0.15) is 21.5 Å². The van der Waals surface area contributed by atoms with Gasteiger partial charge in [-0.05, 0) is 71.9 Å². The van der Waals surface area contributed by atoms with E-state index >= 15 is 0 Å². The molecule has 0 aliphatic heterocycles. The van der Waals surface area contributed by atoms with Crippen molar-refractivity contribution in [3.05, 3.63) is 142 Å². The van der Waals surface area contributed by atoms with Gasteiger partial charge in [-0.3, -0.25) is 19.7 Å². The number of hydrogen-bond donors (Lipinski definition) is 4. The van der Waals surface area contributed by atoms with Crippen molar-refractivity contribution in [2.75, 3.05) is 10.6 Å². The Labute approximate surface area is 236 Å². The smallest absolute Gasteiger partial charge is 0.269 e. The lowest BCUT2D eigenvalue weighted by atomic mass is 10.1. The van der Waals surface area contributed by atoms with Gasteiger partial charge in [-0.2, -0.15) is 0 Å². The number of nitrogens with one attached hydrogen (secondary N) is 4. The molecule has 4 aromatic carbocycles. The van der Waals surface area contributed by atoms with E-state index in [0.717, 1.165) is 11.3 Å². The van der Waals surface area contributed by atoms with E-state index < -0.39 is 16.7 Å². The molecule has 2 amide bonds. The highest BCUT2D eigenvalue weighted by molar-refractivity contribution is 7.80. The number of benzene rings is 4. The molecule has 0 saturated heterocycles. The van der Waals surface area contributed by atoms with Gasteiger partial charge in [0.05, 0.1) is 4.92 Å². The highest BCUT2D eigenvalue weighted by Gasteiger charge is 2.16. The van der Waals surface area contributed by atoms with E-state index in [4.69, 9.17) is 12.2 Å². The van der Waals surface area contributed by atoms with Gasteiger partial charge in [0.1, 0.15) is 5.70 Å². The largest absolute Gasteiger partial charge is 0.347 e. The van der Waals surface area contributed by atoms with Crippen LogP contribution in [0.25, 0.3) is 6.08 Å². The lowest BCUT2D eigenvalue weighted by Gasteiger charge is -2.15. The monoisotopic (exact) mass is 551 g/mol. The minimum atomic E-state index is -0.539. The van der Waals surface area contributed by atoms with Crippen LogP contribution in [0.3, 0.4) is 0 Å². The number of amides is 2. The van der Waals surface area contributed by atoms with Gasteiger partial charge >= 0.3 is 0 Å². The van der Waals surface area contributed by atoms with E-state index in [1.54, 1.807) is 30.3 Å². The Morgan fingerprint density at radius 3 is 2.10 bits per heavy atom. The summed E-state index contributed by atoms with van der Waals surface area (Å²) >= 11 is 5.44. The molecule has 200 valence electrons. The summed E-state index contributed by atoms with van der Waals surface area (Å²) in [6.07, 6.45) is 1.46. The molecule has 0 unspecified atom stereocenters. The van der Waals surface area contributed by atoms with Gasteiger partial charge in [-0.1, -0.05) is 54.6 Å². The molecule has 4 aromatic rings. The molecule has 10 heteroatoms. The van der Waals surface area contributed by atoms with Gasteiger partial charge < -0.3 is 21.3 Å². The molecule has 0 aliphatic rings. The Bertz CT molecular complexity index is 1540. The first kappa shape index (κ1) is 27.7. The van der Waals surface area contributed by atoms with Gasteiger partial charge in [0, 0.05) is 35.6 Å². The minimum Gasteiger partial charge on any atom is -0.347 e. The molecule has 4 N–H and O–H groups in total. The van der Waals surface area contributed by atoms with E-state index in [9.17, 15) is 19.7 Å². The first-order chi connectivity index (χ1) is 19.4. The van der Waals surface area contributed by atoms with Gasteiger partial charge in [-0.25, -0.2) is 0 Å². The number of nitrogens with zero attached hydrogens (tertiary/aromatic N) is 1. The first-order valence-electron chi connectivity index (χ1n) is 12.2. The Morgan fingerprint density at radius 2 is 1.43 bits per heavy atom. The molecule has 40 heavy (non-hydrogen) atoms. The first-order valence-corrected chi connectivity index (χ1v) is 12.6. The number of hydrogen-bond acceptors (Lipinski definition) is 5. The van der Waals surface area contributed by atoms with Crippen molar-refractivity contribution in [3.63, 3.8) is 0 Å². The van der Waals surface area contributed by atoms with E-state index in [0.29, 0.717) is 21.9 Å². The summed E-state index contributed by atoms with van der Waals surface area (Å²) in [5, 5.41) is 23.1. The normalized spacial score (nSPS) is 10.8. The Balaban J connectivity index is 1.50. The number of rotatable bonds is 9. The average molecular weight is 552 g/mol. The molecule has 0 aliphatic carbocycles. The summed E-state index contributed by atoms with van der Waals surface area (Å²) in [5.74, 6) is -1.01. The summed E-state index contributed by atoms with van der Waals surface area (Å²) in [7, 11) is 0. The standard InChI is InChI=1S/C30H25N5O4S/c36-28(22-9-3-1-4-10-22)33-27(19-21-15-17-25(18-16-21)35(38)39)29(37)31-20-23-11-7-8-14-26(23)34-30(40)32-24-12-5-2-6-13-24/h1-19H,20H2,(H,31,37)(H,33,36)(H2,32,34,40)/b27-19-. The number of nitro benzene ring substituents is 1. The topological polar surface area (TPSA) is 125 Å². The zero-order valence-electron chi connectivity index (χ0n) is 21.2. The lowest BCUT2D eigenvalue weighted by Crippen LogP contribution is -2.34. The van der Waals surface area contributed by atoms with Crippen molar-refractivity contribution in [2.24, 2.45) is 0 Å². The summed E-state index contributed by atoms with van der Waals surface area (Å²) in [4.78, 5) is 36.6. The zero-order chi connectivity index (χ0) is 28.3. The van der Waals surface area contributed by atoms with Crippen LogP contribution < -0.4 is 21.3 Å². The lowest BCUT2D eigenvalue weighted by molar-refractivity contribution is -0.384.